The van der Waals surface area contributed by atoms with Crippen molar-refractivity contribution in [2.45, 2.75) is 0 Å². The van der Waals surface area contributed by atoms with Crippen LogP contribution >= 0.6 is 22.9 Å². The van der Waals surface area contributed by atoms with Crippen LogP contribution in [-0.4, -0.2) is 12.9 Å². The van der Waals surface area contributed by atoms with Crippen LogP contribution in [-0.2, 0) is 0 Å². The fourth-order valence-corrected chi connectivity index (χ4v) is 3.01. The molecular formula is C17H11ClO4S. The van der Waals surface area contributed by atoms with Gasteiger partial charge in [0.15, 0.2) is 11.4 Å². The average Bonchev–Trinajstić information content (AvgIpc) is 2.91. The molecule has 0 aliphatic heterocycles. The van der Waals surface area contributed by atoms with Crippen molar-refractivity contribution in [3.63, 3.8) is 0 Å². The number of methoxy groups -OCH3 is 1. The summed E-state index contributed by atoms with van der Waals surface area (Å²) in [5.41, 5.74) is 1.43. The maximum Gasteiger partial charge on any atom is 0.396 e. The number of ketones is 1. The van der Waals surface area contributed by atoms with E-state index < -0.39 is 4.94 Å². The van der Waals surface area contributed by atoms with Gasteiger partial charge in [-0.25, -0.2) is 4.79 Å². The minimum Gasteiger partial charge on any atom is -0.496 e. The van der Waals surface area contributed by atoms with Gasteiger partial charge in [0.2, 0.25) is 0 Å². The maximum atomic E-state index is 12.4. The summed E-state index contributed by atoms with van der Waals surface area (Å²) in [5.74, 6) is 0.126. The summed E-state index contributed by atoms with van der Waals surface area (Å²) in [4.78, 5) is 23.3. The number of fused-ring (bicyclic) bond motifs is 1. The van der Waals surface area contributed by atoms with Crippen molar-refractivity contribution in [3.05, 3.63) is 68.4 Å². The first kappa shape index (κ1) is 15.5. The molecule has 1 aromatic heterocycles. The number of hydrogen-bond donors (Lipinski definition) is 0. The molecule has 23 heavy (non-hydrogen) atoms. The summed E-state index contributed by atoms with van der Waals surface area (Å²) < 4.78 is 10.9. The highest BCUT2D eigenvalue weighted by Gasteiger charge is 2.14. The molecule has 0 atom stereocenters. The van der Waals surface area contributed by atoms with Gasteiger partial charge in [-0.3, -0.25) is 4.79 Å². The van der Waals surface area contributed by atoms with E-state index in [-0.39, 0.29) is 5.78 Å². The van der Waals surface area contributed by atoms with E-state index in [2.05, 4.69) is 0 Å². The molecular weight excluding hydrogens is 336 g/mol. The van der Waals surface area contributed by atoms with Crippen molar-refractivity contribution in [3.8, 4) is 5.75 Å². The Morgan fingerprint density at radius 1 is 1.30 bits per heavy atom. The zero-order chi connectivity index (χ0) is 16.4. The van der Waals surface area contributed by atoms with Crippen LogP contribution in [0.2, 0.25) is 5.02 Å². The molecule has 4 nitrogen and oxygen atoms in total. The van der Waals surface area contributed by atoms with Gasteiger partial charge in [-0.15, -0.1) is 0 Å². The normalized spacial score (nSPS) is 11.2. The van der Waals surface area contributed by atoms with Gasteiger partial charge in [-0.05, 0) is 29.8 Å². The van der Waals surface area contributed by atoms with Gasteiger partial charge in [-0.2, -0.15) is 0 Å². The molecule has 0 amide bonds. The number of carbonyl (C=O) groups is 1. The van der Waals surface area contributed by atoms with Crippen LogP contribution in [0.5, 0.6) is 5.75 Å². The summed E-state index contributed by atoms with van der Waals surface area (Å²) in [6.45, 7) is 0. The molecule has 0 radical (unpaired) electrons. The number of carbonyl (C=O) groups excluding carboxylic acids is 1. The van der Waals surface area contributed by atoms with Gasteiger partial charge >= 0.3 is 4.94 Å². The highest BCUT2D eigenvalue weighted by Crippen LogP contribution is 2.28. The van der Waals surface area contributed by atoms with E-state index in [9.17, 15) is 9.59 Å². The van der Waals surface area contributed by atoms with Crippen LogP contribution in [0, 0.1) is 0 Å². The number of halogens is 1. The second kappa shape index (κ2) is 6.40. The Hall–Kier alpha value is -2.37. The number of allylic oxidation sites excluding steroid dienone is 1. The smallest absolute Gasteiger partial charge is 0.396 e. The van der Waals surface area contributed by atoms with Crippen LogP contribution in [0.25, 0.3) is 16.4 Å². The first-order valence-electron chi connectivity index (χ1n) is 6.67. The van der Waals surface area contributed by atoms with Crippen molar-refractivity contribution in [1.29, 1.82) is 0 Å². The Balaban J connectivity index is 2.00. The van der Waals surface area contributed by atoms with Crippen LogP contribution in [0.1, 0.15) is 15.9 Å². The van der Waals surface area contributed by atoms with Gasteiger partial charge in [0.05, 0.1) is 17.4 Å². The van der Waals surface area contributed by atoms with Crippen molar-refractivity contribution in [2.24, 2.45) is 0 Å². The monoisotopic (exact) mass is 346 g/mol. The number of benzene rings is 2. The van der Waals surface area contributed by atoms with E-state index in [0.29, 0.717) is 26.6 Å². The van der Waals surface area contributed by atoms with Crippen LogP contribution in [0.4, 0.5) is 0 Å². The molecule has 6 heteroatoms. The largest absolute Gasteiger partial charge is 0.496 e. The SMILES string of the molecule is COc1cc2sc(=O)oc2cc1C(=O)/C=C/c1ccccc1Cl. The molecule has 0 saturated carbocycles. The highest BCUT2D eigenvalue weighted by atomic mass is 35.5. The molecule has 0 spiro atoms. The van der Waals surface area contributed by atoms with E-state index >= 15 is 0 Å². The fourth-order valence-electron chi connectivity index (χ4n) is 2.13. The number of hydrogen-bond acceptors (Lipinski definition) is 5. The Morgan fingerprint density at radius 3 is 2.83 bits per heavy atom. The van der Waals surface area contributed by atoms with Gasteiger partial charge in [0.25, 0.3) is 0 Å². The van der Waals surface area contributed by atoms with Gasteiger partial charge in [-0.1, -0.05) is 41.1 Å². The molecule has 0 saturated heterocycles. The summed E-state index contributed by atoms with van der Waals surface area (Å²) in [6, 6.07) is 10.4. The molecule has 3 aromatic rings. The van der Waals surface area contributed by atoms with E-state index in [1.54, 1.807) is 18.2 Å². The van der Waals surface area contributed by atoms with Gasteiger partial charge in [0, 0.05) is 11.1 Å². The molecule has 0 aliphatic rings. The topological polar surface area (TPSA) is 56.5 Å². The molecule has 116 valence electrons. The van der Waals surface area contributed by atoms with Crippen LogP contribution in [0.3, 0.4) is 0 Å². The lowest BCUT2D eigenvalue weighted by Gasteiger charge is -2.05. The second-order valence-corrected chi connectivity index (χ2v) is 6.06. The first-order chi connectivity index (χ1) is 11.1. The van der Waals surface area contributed by atoms with Crippen molar-refractivity contribution in [2.75, 3.05) is 7.11 Å². The van der Waals surface area contributed by atoms with Crippen LogP contribution < -0.4 is 9.68 Å². The summed E-state index contributed by atoms with van der Waals surface area (Å²) >= 11 is 7.02. The van der Waals surface area contributed by atoms with Crippen molar-refractivity contribution >= 4 is 45.1 Å². The summed E-state index contributed by atoms with van der Waals surface area (Å²) in [5, 5.41) is 0.558. The fraction of sp³-hybridized carbons (Fsp3) is 0.0588. The van der Waals surface area contributed by atoms with Crippen LogP contribution in [0.15, 0.2) is 51.7 Å². The molecule has 0 aliphatic carbocycles. The predicted octanol–water partition coefficient (Wildman–Crippen LogP) is 4.41. The molecule has 3 rings (SSSR count). The van der Waals surface area contributed by atoms with Gasteiger partial charge in [0.1, 0.15) is 5.75 Å². The third kappa shape index (κ3) is 3.21. The van der Waals surface area contributed by atoms with E-state index in [0.717, 1.165) is 16.9 Å². The first-order valence-corrected chi connectivity index (χ1v) is 7.86. The Kier molecular flexibility index (Phi) is 4.32. The summed E-state index contributed by atoms with van der Waals surface area (Å²) in [7, 11) is 1.47. The Bertz CT molecular complexity index is 968. The second-order valence-electron chi connectivity index (χ2n) is 4.67. The molecule has 0 bridgehead atoms. The molecule has 1 heterocycles. The van der Waals surface area contributed by atoms with E-state index in [4.69, 9.17) is 20.8 Å². The van der Waals surface area contributed by atoms with Gasteiger partial charge < -0.3 is 9.15 Å². The van der Waals surface area contributed by atoms with E-state index in [1.807, 2.05) is 18.2 Å². The number of ether oxygens (including phenoxy) is 1. The molecule has 2 aromatic carbocycles. The maximum absolute atomic E-state index is 12.4. The summed E-state index contributed by atoms with van der Waals surface area (Å²) in [6.07, 6.45) is 3.05. The minimum atomic E-state index is -0.418. The zero-order valence-electron chi connectivity index (χ0n) is 12.0. The van der Waals surface area contributed by atoms with Crippen molar-refractivity contribution < 1.29 is 13.9 Å². The van der Waals surface area contributed by atoms with E-state index in [1.165, 1.54) is 19.3 Å². The molecule has 0 N–H and O–H groups in total. The Morgan fingerprint density at radius 2 is 2.09 bits per heavy atom. The standard InChI is InChI=1S/C17H11ClO4S/c1-21-14-9-16-15(22-17(20)23-16)8-11(14)13(19)7-6-10-4-2-3-5-12(10)18/h2-9H,1H3/b7-6+. The molecule has 0 fully saturated rings. The lowest BCUT2D eigenvalue weighted by atomic mass is 10.1. The lowest BCUT2D eigenvalue weighted by molar-refractivity contribution is 0.104. The highest BCUT2D eigenvalue weighted by molar-refractivity contribution is 7.16. The predicted molar refractivity (Wildman–Crippen MR) is 91.7 cm³/mol. The third-order valence-electron chi connectivity index (χ3n) is 3.24. The third-order valence-corrected chi connectivity index (χ3v) is 4.37. The van der Waals surface area contributed by atoms with Crippen molar-refractivity contribution in [1.82, 2.24) is 0 Å². The minimum absolute atomic E-state index is 0.266. The lowest BCUT2D eigenvalue weighted by Crippen LogP contribution is -1.98. The Labute approximate surface area is 140 Å². The zero-order valence-corrected chi connectivity index (χ0v) is 13.6. The molecule has 0 unspecified atom stereocenters. The average molecular weight is 347 g/mol. The quantitative estimate of drug-likeness (QED) is 0.518. The number of rotatable bonds is 4.